The molecule has 0 amide bonds. The molecule has 0 unspecified atom stereocenters. The van der Waals surface area contributed by atoms with Gasteiger partial charge in [-0.25, -0.2) is 18.1 Å². The molecule has 6 nitrogen and oxygen atoms in total. The van der Waals surface area contributed by atoms with Crippen molar-refractivity contribution in [1.82, 2.24) is 4.98 Å². The van der Waals surface area contributed by atoms with Crippen LogP contribution in [0.3, 0.4) is 0 Å². The van der Waals surface area contributed by atoms with Crippen LogP contribution in [0.1, 0.15) is 52.1 Å². The van der Waals surface area contributed by atoms with Crippen molar-refractivity contribution in [1.29, 1.82) is 0 Å². The Balaban J connectivity index is 1.79. The fourth-order valence-electron chi connectivity index (χ4n) is 4.73. The van der Waals surface area contributed by atoms with Crippen molar-refractivity contribution >= 4 is 20.9 Å². The highest BCUT2D eigenvalue weighted by Crippen LogP contribution is 2.39. The topological polar surface area (TPSA) is 86.1 Å². The zero-order valence-corrected chi connectivity index (χ0v) is 20.0. The van der Waals surface area contributed by atoms with E-state index in [0.29, 0.717) is 28.6 Å². The Hall–Kier alpha value is -2.54. The van der Waals surface area contributed by atoms with E-state index in [4.69, 9.17) is 4.74 Å². The van der Waals surface area contributed by atoms with Gasteiger partial charge in [0.25, 0.3) is 5.65 Å². The minimum atomic E-state index is -3.38. The highest BCUT2D eigenvalue weighted by Gasteiger charge is 2.26. The molecule has 1 aliphatic carbocycles. The van der Waals surface area contributed by atoms with Crippen LogP contribution in [0.4, 0.5) is 0 Å². The van der Waals surface area contributed by atoms with E-state index in [-0.39, 0.29) is 16.8 Å². The van der Waals surface area contributed by atoms with Gasteiger partial charge < -0.3 is 9.94 Å². The molecule has 0 atom stereocenters. The summed E-state index contributed by atoms with van der Waals surface area (Å²) in [5, 5.41) is 13.2. The Bertz CT molecular complexity index is 1220. The Kier molecular flexibility index (Phi) is 6.21. The first-order chi connectivity index (χ1) is 15.2. The van der Waals surface area contributed by atoms with Crippen LogP contribution >= 0.6 is 0 Å². The number of aromatic nitrogens is 2. The molecule has 2 heterocycles. The highest BCUT2D eigenvalue weighted by atomic mass is 32.2. The molecule has 2 aromatic heterocycles. The van der Waals surface area contributed by atoms with Gasteiger partial charge in [0.15, 0.2) is 9.84 Å². The number of nitrogens with zero attached hydrogens (tertiary/aromatic N) is 1. The summed E-state index contributed by atoms with van der Waals surface area (Å²) in [4.78, 5) is 3.27. The smallest absolute Gasteiger partial charge is 0.290 e. The van der Waals surface area contributed by atoms with Crippen LogP contribution in [0.2, 0.25) is 0 Å². The van der Waals surface area contributed by atoms with Crippen LogP contribution in [0, 0.1) is 24.0 Å². The van der Waals surface area contributed by atoms with Crippen LogP contribution < -0.4 is 9.47 Å². The fraction of sp³-hybridized carbons (Fsp3) is 0.480. The lowest BCUT2D eigenvalue weighted by Gasteiger charge is -2.31. The molecule has 1 aliphatic rings. The Morgan fingerprint density at radius 2 is 1.84 bits per heavy atom. The van der Waals surface area contributed by atoms with E-state index >= 15 is 0 Å². The number of aryl methyl sites for hydroxylation is 1. The van der Waals surface area contributed by atoms with E-state index in [9.17, 15) is 13.6 Å². The molecule has 0 aliphatic heterocycles. The number of hydrogen-bond donors (Lipinski definition) is 1. The van der Waals surface area contributed by atoms with Crippen molar-refractivity contribution in [2.45, 2.75) is 64.4 Å². The third-order valence-electron chi connectivity index (χ3n) is 6.83. The molecule has 0 radical (unpaired) electrons. The summed E-state index contributed by atoms with van der Waals surface area (Å²) >= 11 is 0. The van der Waals surface area contributed by atoms with Crippen molar-refractivity contribution in [3.8, 4) is 16.9 Å². The van der Waals surface area contributed by atoms with Crippen LogP contribution in [-0.2, 0) is 9.84 Å². The molecule has 1 aromatic carbocycles. The van der Waals surface area contributed by atoms with Crippen molar-refractivity contribution in [2.24, 2.45) is 11.8 Å². The summed E-state index contributed by atoms with van der Waals surface area (Å²) < 4.78 is 32.6. The SMILES string of the molecule is CCS(=O)(=O)c1ccc(O[C@H]2CC[C@H](C(C)C)CC2)c(-c2cc(C)[n+]([O-])c3[nH]ccc23)c1. The van der Waals surface area contributed by atoms with Crippen molar-refractivity contribution in [3.05, 3.63) is 47.4 Å². The van der Waals surface area contributed by atoms with Crippen LogP contribution in [0.25, 0.3) is 22.2 Å². The van der Waals surface area contributed by atoms with Gasteiger partial charge in [0.05, 0.1) is 28.3 Å². The van der Waals surface area contributed by atoms with E-state index in [0.717, 1.165) is 47.3 Å². The van der Waals surface area contributed by atoms with Gasteiger partial charge in [0.1, 0.15) is 11.4 Å². The number of aromatic amines is 1. The molecular formula is C25H32N2O4S. The molecule has 7 heteroatoms. The van der Waals surface area contributed by atoms with Gasteiger partial charge in [0.2, 0.25) is 0 Å². The molecule has 4 rings (SSSR count). The number of pyridine rings is 1. The van der Waals surface area contributed by atoms with Gasteiger partial charge in [0, 0.05) is 11.1 Å². The second-order valence-corrected chi connectivity index (χ2v) is 11.5. The van der Waals surface area contributed by atoms with E-state index in [2.05, 4.69) is 18.8 Å². The minimum absolute atomic E-state index is 0.0276. The number of H-pyrrole nitrogens is 1. The van der Waals surface area contributed by atoms with Gasteiger partial charge in [-0.15, -0.1) is 0 Å². The first kappa shape index (κ1) is 22.6. The van der Waals surface area contributed by atoms with Gasteiger partial charge in [-0.1, -0.05) is 20.8 Å². The lowest BCUT2D eigenvalue weighted by molar-refractivity contribution is -0.586. The first-order valence-electron chi connectivity index (χ1n) is 11.4. The first-order valence-corrected chi connectivity index (χ1v) is 13.1. The monoisotopic (exact) mass is 456 g/mol. The summed E-state index contributed by atoms with van der Waals surface area (Å²) in [6.45, 7) is 7.94. The summed E-state index contributed by atoms with van der Waals surface area (Å²) in [6, 6.07) is 8.76. The molecular weight excluding hydrogens is 424 g/mol. The lowest BCUT2D eigenvalue weighted by atomic mass is 9.80. The molecule has 1 saturated carbocycles. The van der Waals surface area contributed by atoms with Crippen molar-refractivity contribution in [2.75, 3.05) is 5.75 Å². The maximum Gasteiger partial charge on any atom is 0.290 e. The molecule has 0 bridgehead atoms. The molecule has 0 saturated heterocycles. The van der Waals surface area contributed by atoms with Gasteiger partial charge in [-0.05, 0) is 74.8 Å². The van der Waals surface area contributed by atoms with Crippen molar-refractivity contribution < 1.29 is 17.9 Å². The molecule has 172 valence electrons. The highest BCUT2D eigenvalue weighted by molar-refractivity contribution is 7.91. The number of rotatable bonds is 6. The Morgan fingerprint density at radius 1 is 1.12 bits per heavy atom. The van der Waals surface area contributed by atoms with E-state index in [1.165, 1.54) is 0 Å². The predicted octanol–water partition coefficient (Wildman–Crippen LogP) is 5.16. The summed E-state index contributed by atoms with van der Waals surface area (Å²) in [7, 11) is -3.38. The van der Waals surface area contributed by atoms with E-state index < -0.39 is 9.84 Å². The zero-order chi connectivity index (χ0) is 23.0. The third-order valence-corrected chi connectivity index (χ3v) is 8.56. The van der Waals surface area contributed by atoms with Crippen LogP contribution in [-0.4, -0.2) is 25.3 Å². The normalized spacial score (nSPS) is 19.5. The number of ether oxygens (including phenoxy) is 1. The number of sulfone groups is 1. The minimum Gasteiger partial charge on any atom is -0.710 e. The molecule has 1 fully saturated rings. The molecule has 0 spiro atoms. The largest absolute Gasteiger partial charge is 0.710 e. The van der Waals surface area contributed by atoms with E-state index in [1.54, 1.807) is 38.2 Å². The maximum atomic E-state index is 12.6. The second-order valence-electron chi connectivity index (χ2n) is 9.19. The average molecular weight is 457 g/mol. The maximum absolute atomic E-state index is 12.6. The van der Waals surface area contributed by atoms with E-state index in [1.807, 2.05) is 12.1 Å². The lowest BCUT2D eigenvalue weighted by Crippen LogP contribution is -2.31. The number of hydrogen-bond acceptors (Lipinski definition) is 4. The summed E-state index contributed by atoms with van der Waals surface area (Å²) in [5.74, 6) is 2.10. The van der Waals surface area contributed by atoms with Crippen LogP contribution in [0.5, 0.6) is 5.75 Å². The Morgan fingerprint density at radius 3 is 2.50 bits per heavy atom. The summed E-state index contributed by atoms with van der Waals surface area (Å²) in [6.07, 6.45) is 6.10. The number of nitrogens with one attached hydrogen (secondary N) is 1. The zero-order valence-electron chi connectivity index (χ0n) is 19.2. The van der Waals surface area contributed by atoms with Crippen molar-refractivity contribution in [3.63, 3.8) is 0 Å². The van der Waals surface area contributed by atoms with Crippen LogP contribution in [0.15, 0.2) is 41.4 Å². The van der Waals surface area contributed by atoms with Gasteiger partial charge >= 0.3 is 0 Å². The quantitative estimate of drug-likeness (QED) is 0.410. The summed E-state index contributed by atoms with van der Waals surface area (Å²) in [5.41, 5.74) is 2.48. The average Bonchev–Trinajstić information content (AvgIpc) is 3.27. The predicted molar refractivity (Wildman–Crippen MR) is 126 cm³/mol. The second kappa shape index (κ2) is 8.77. The number of benzene rings is 1. The Labute approximate surface area is 190 Å². The van der Waals surface area contributed by atoms with Gasteiger partial charge in [-0.2, -0.15) is 0 Å². The standard InChI is InChI=1S/C25H32N2O4S/c1-5-32(29,30)20-10-11-24(31-19-8-6-18(7-9-19)16(2)3)23(15-20)22-14-17(4)27(28)25-21(22)12-13-26-25/h10-16,18-19,26H,5-9H2,1-4H3/t18-,19-. The fourth-order valence-corrected chi connectivity index (χ4v) is 5.63. The molecule has 32 heavy (non-hydrogen) atoms. The number of fused-ring (bicyclic) bond motifs is 1. The van der Waals surface area contributed by atoms with Gasteiger partial charge in [-0.3, -0.25) is 0 Å². The third kappa shape index (κ3) is 4.22. The molecule has 3 aromatic rings. The molecule has 1 N–H and O–H groups in total.